The van der Waals surface area contributed by atoms with Crippen LogP contribution in [0.2, 0.25) is 0 Å². The number of amides is 2. The molecule has 2 atom stereocenters. The molecule has 2 fully saturated rings. The van der Waals surface area contributed by atoms with Gasteiger partial charge in [-0.15, -0.1) is 4.28 Å². The van der Waals surface area contributed by atoms with E-state index >= 15 is 0 Å². The summed E-state index contributed by atoms with van der Waals surface area (Å²) in [5.74, 6) is -1.23. The Balaban J connectivity index is 2.02. The van der Waals surface area contributed by atoms with Crippen LogP contribution in [-0.2, 0) is 31.6 Å². The predicted octanol–water partition coefficient (Wildman–Crippen LogP) is 0.0596. The average molecular weight is 371 g/mol. The van der Waals surface area contributed by atoms with Crippen LogP contribution in [0.1, 0.15) is 24.0 Å². The fourth-order valence-corrected chi connectivity index (χ4v) is 3.82. The van der Waals surface area contributed by atoms with E-state index in [1.807, 2.05) is 0 Å². The molecule has 0 spiro atoms. The smallest absolute Gasteiger partial charge is 0.418 e. The number of aliphatic carboxylic acids is 1. The molecule has 25 heavy (non-hydrogen) atoms. The number of nitrogens with zero attached hydrogens (tertiary/aromatic N) is 2. The summed E-state index contributed by atoms with van der Waals surface area (Å²) in [6.07, 6.45) is 0.273. The van der Waals surface area contributed by atoms with Gasteiger partial charge in [-0.25, -0.2) is 9.59 Å². The van der Waals surface area contributed by atoms with E-state index in [1.54, 1.807) is 24.3 Å². The lowest BCUT2D eigenvalue weighted by molar-refractivity contribution is -0.151. The van der Waals surface area contributed by atoms with Gasteiger partial charge in [-0.3, -0.25) is 4.55 Å². The summed E-state index contributed by atoms with van der Waals surface area (Å²) in [5.41, 5.74) is 5.10. The van der Waals surface area contributed by atoms with Crippen molar-refractivity contribution in [2.24, 2.45) is 5.73 Å². The largest absolute Gasteiger partial charge is 0.479 e. The first kappa shape index (κ1) is 17.6. The second kappa shape index (κ2) is 5.95. The number of carbonyl (C=O) groups is 2. The zero-order valence-corrected chi connectivity index (χ0v) is 13.8. The Bertz CT molecular complexity index is 810. The summed E-state index contributed by atoms with van der Waals surface area (Å²) in [4.78, 5) is 25.7. The molecule has 4 N–H and O–H groups in total. The normalized spacial score (nSPS) is 26.2. The number of hydrogen-bond donors (Lipinski definition) is 3. The minimum absolute atomic E-state index is 0.0285. The van der Waals surface area contributed by atoms with Gasteiger partial charge in [0, 0.05) is 13.1 Å². The van der Waals surface area contributed by atoms with Gasteiger partial charge >= 0.3 is 22.4 Å². The topological polar surface area (TPSA) is 150 Å². The molecule has 0 radical (unpaired) electrons. The van der Waals surface area contributed by atoms with Crippen LogP contribution in [0.4, 0.5) is 4.79 Å². The first-order chi connectivity index (χ1) is 11.7. The van der Waals surface area contributed by atoms with E-state index in [2.05, 4.69) is 4.28 Å². The molecule has 2 bridgehead atoms. The molecule has 1 aromatic carbocycles. The van der Waals surface area contributed by atoms with E-state index in [-0.39, 0.29) is 19.4 Å². The van der Waals surface area contributed by atoms with Gasteiger partial charge in [-0.2, -0.15) is 13.5 Å². The minimum atomic E-state index is -4.89. The summed E-state index contributed by atoms with van der Waals surface area (Å²) in [6, 6.07) is 4.96. The number of piperidine rings is 1. The third kappa shape index (κ3) is 2.84. The SMILES string of the molecule is NCc1ccc([C@]2(C(=O)O)CC[C@@H]3CN2C(=O)N3OS(=O)(=O)O)cc1. The molecule has 2 heterocycles. The second-order valence-corrected chi connectivity index (χ2v) is 6.98. The highest BCUT2D eigenvalue weighted by Crippen LogP contribution is 2.44. The Morgan fingerprint density at radius 2 is 2.00 bits per heavy atom. The van der Waals surface area contributed by atoms with Gasteiger partial charge in [-0.1, -0.05) is 24.3 Å². The van der Waals surface area contributed by atoms with Gasteiger partial charge < -0.3 is 15.7 Å². The molecular weight excluding hydrogens is 354 g/mol. The molecular formula is C14H17N3O7S. The monoisotopic (exact) mass is 371 g/mol. The Hall–Kier alpha value is -2.21. The van der Waals surface area contributed by atoms with Crippen molar-refractivity contribution in [3.63, 3.8) is 0 Å². The number of carboxylic acid groups (broad SMARTS) is 1. The van der Waals surface area contributed by atoms with Crippen LogP contribution in [-0.4, -0.2) is 52.6 Å². The highest BCUT2D eigenvalue weighted by atomic mass is 32.3. The van der Waals surface area contributed by atoms with Crippen molar-refractivity contribution in [1.29, 1.82) is 0 Å². The van der Waals surface area contributed by atoms with Crippen LogP contribution in [0.25, 0.3) is 0 Å². The quantitative estimate of drug-likeness (QED) is 0.615. The maximum atomic E-state index is 12.5. The van der Waals surface area contributed by atoms with Crippen LogP contribution in [0.15, 0.2) is 24.3 Å². The summed E-state index contributed by atoms with van der Waals surface area (Å²) < 4.78 is 35.1. The standard InChI is InChI=1S/C14H17N3O7S/c15-7-9-1-3-10(4-2-9)14(12(18)19)6-5-11-8-16(14)13(20)17(11)24-25(21,22)23/h1-4,11H,5-8,15H2,(H,18,19)(H,21,22,23)/t11-,14+/m1/s1. The molecule has 0 unspecified atom stereocenters. The summed E-state index contributed by atoms with van der Waals surface area (Å²) in [5, 5.41) is 10.4. The molecule has 0 aromatic heterocycles. The lowest BCUT2D eigenvalue weighted by atomic mass is 9.80. The molecule has 1 aromatic rings. The molecule has 2 saturated heterocycles. The summed E-state index contributed by atoms with van der Waals surface area (Å²) >= 11 is 0. The summed E-state index contributed by atoms with van der Waals surface area (Å²) in [7, 11) is -4.89. The fourth-order valence-electron chi connectivity index (χ4n) is 3.43. The third-order valence-electron chi connectivity index (χ3n) is 4.64. The average Bonchev–Trinajstić information content (AvgIpc) is 2.80. The maximum Gasteiger partial charge on any atom is 0.418 e. The van der Waals surface area contributed by atoms with E-state index in [9.17, 15) is 23.1 Å². The van der Waals surface area contributed by atoms with E-state index in [0.717, 1.165) is 10.5 Å². The molecule has 3 rings (SSSR count). The number of nitrogens with two attached hydrogens (primary N) is 1. The maximum absolute atomic E-state index is 12.5. The Labute approximate surface area is 143 Å². The predicted molar refractivity (Wildman–Crippen MR) is 83.2 cm³/mol. The van der Waals surface area contributed by atoms with Crippen molar-refractivity contribution >= 4 is 22.4 Å². The van der Waals surface area contributed by atoms with Crippen molar-refractivity contribution in [1.82, 2.24) is 9.96 Å². The molecule has 0 saturated carbocycles. The van der Waals surface area contributed by atoms with E-state index in [4.69, 9.17) is 10.3 Å². The molecule has 0 aliphatic carbocycles. The van der Waals surface area contributed by atoms with Gasteiger partial charge in [0.15, 0.2) is 5.54 Å². The van der Waals surface area contributed by atoms with Gasteiger partial charge in [0.05, 0.1) is 6.04 Å². The first-order valence-corrected chi connectivity index (χ1v) is 8.86. The van der Waals surface area contributed by atoms with Crippen LogP contribution in [0.5, 0.6) is 0 Å². The highest BCUT2D eigenvalue weighted by molar-refractivity contribution is 7.80. The summed E-state index contributed by atoms with van der Waals surface area (Å²) in [6.45, 7) is 0.264. The van der Waals surface area contributed by atoms with Crippen LogP contribution in [0.3, 0.4) is 0 Å². The Kier molecular flexibility index (Phi) is 4.19. The fraction of sp³-hybridized carbons (Fsp3) is 0.429. The molecule has 2 amide bonds. The third-order valence-corrected chi connectivity index (χ3v) is 4.99. The second-order valence-electron chi connectivity index (χ2n) is 5.98. The van der Waals surface area contributed by atoms with Crippen LogP contribution < -0.4 is 5.73 Å². The number of hydroxylamine groups is 2. The van der Waals surface area contributed by atoms with Crippen molar-refractivity contribution in [2.75, 3.05) is 6.54 Å². The number of hydrogen-bond acceptors (Lipinski definition) is 6. The zero-order valence-electron chi connectivity index (χ0n) is 13.0. The van der Waals surface area contributed by atoms with Crippen molar-refractivity contribution < 1.29 is 31.9 Å². The molecule has 2 aliphatic heterocycles. The van der Waals surface area contributed by atoms with Crippen molar-refractivity contribution in [2.45, 2.75) is 31.0 Å². The van der Waals surface area contributed by atoms with Gasteiger partial charge in [0.1, 0.15) is 0 Å². The lowest BCUT2D eigenvalue weighted by Gasteiger charge is -2.40. The number of urea groups is 1. The Morgan fingerprint density at radius 1 is 1.36 bits per heavy atom. The van der Waals surface area contributed by atoms with Gasteiger partial charge in [0.25, 0.3) is 0 Å². The zero-order chi connectivity index (χ0) is 18.4. The number of rotatable bonds is 5. The first-order valence-electron chi connectivity index (χ1n) is 7.50. The van der Waals surface area contributed by atoms with E-state index in [1.165, 1.54) is 0 Å². The van der Waals surface area contributed by atoms with Gasteiger partial charge in [0.2, 0.25) is 0 Å². The van der Waals surface area contributed by atoms with E-state index in [0.29, 0.717) is 17.2 Å². The molecule has 136 valence electrons. The van der Waals surface area contributed by atoms with Crippen LogP contribution >= 0.6 is 0 Å². The van der Waals surface area contributed by atoms with Crippen LogP contribution in [0, 0.1) is 0 Å². The molecule has 2 aliphatic rings. The molecule has 11 heteroatoms. The number of benzene rings is 1. The number of carbonyl (C=O) groups excluding carboxylic acids is 1. The Morgan fingerprint density at radius 3 is 2.52 bits per heavy atom. The lowest BCUT2D eigenvalue weighted by Crippen LogP contribution is -2.55. The number of fused-ring (bicyclic) bond motifs is 2. The van der Waals surface area contributed by atoms with Gasteiger partial charge in [-0.05, 0) is 24.0 Å². The van der Waals surface area contributed by atoms with Crippen molar-refractivity contribution in [3.8, 4) is 0 Å². The highest BCUT2D eigenvalue weighted by Gasteiger charge is 2.59. The van der Waals surface area contributed by atoms with Crippen molar-refractivity contribution in [3.05, 3.63) is 35.4 Å². The molecule has 10 nitrogen and oxygen atoms in total. The minimum Gasteiger partial charge on any atom is -0.479 e. The number of carboxylic acids is 1. The van der Waals surface area contributed by atoms with E-state index < -0.39 is 34.0 Å².